The average Bonchev–Trinajstić information content (AvgIpc) is 3.26. The summed E-state index contributed by atoms with van der Waals surface area (Å²) < 4.78 is 12.1. The highest BCUT2D eigenvalue weighted by Crippen LogP contribution is 2.34. The molecule has 1 aliphatic heterocycles. The molecule has 1 atom stereocenters. The first-order chi connectivity index (χ1) is 17.4. The Bertz CT molecular complexity index is 1090. The minimum absolute atomic E-state index is 0.0523. The summed E-state index contributed by atoms with van der Waals surface area (Å²) in [5.74, 6) is -0.542. The second-order valence-electron chi connectivity index (χ2n) is 9.65. The quantitative estimate of drug-likeness (QED) is 0.579. The Kier molecular flexibility index (Phi) is 7.96. The topological polar surface area (TPSA) is 103 Å². The molecule has 1 fully saturated rings. The van der Waals surface area contributed by atoms with Crippen LogP contribution in [0.4, 0.5) is 5.69 Å². The van der Waals surface area contributed by atoms with Crippen molar-refractivity contribution in [1.82, 2.24) is 15.1 Å². The number of rotatable bonds is 7. The van der Waals surface area contributed by atoms with Crippen LogP contribution in [0.3, 0.4) is 0 Å². The van der Waals surface area contributed by atoms with Gasteiger partial charge in [-0.05, 0) is 57.9 Å². The summed E-state index contributed by atoms with van der Waals surface area (Å²) in [6, 6.07) is 8.64. The van der Waals surface area contributed by atoms with E-state index in [1.165, 1.54) is 34.9 Å². The predicted molar refractivity (Wildman–Crippen MR) is 135 cm³/mol. The second kappa shape index (κ2) is 11.1. The molecule has 2 amide bonds. The van der Waals surface area contributed by atoms with Crippen molar-refractivity contribution < 1.29 is 23.9 Å². The Labute approximate surface area is 212 Å². The SMILES string of the molecule is CCOC(=O)c1cc2n(n1)C[C@@](C)(C(=O)NC1CCCCCCC1)N(c1ccc(OCC)cc1)C2=O. The highest BCUT2D eigenvalue weighted by molar-refractivity contribution is 6.12. The maximum atomic E-state index is 13.9. The van der Waals surface area contributed by atoms with Crippen molar-refractivity contribution in [2.45, 2.75) is 83.8 Å². The molecule has 4 rings (SSSR count). The molecule has 194 valence electrons. The number of hydrogen-bond donors (Lipinski definition) is 1. The maximum absolute atomic E-state index is 13.9. The zero-order valence-corrected chi connectivity index (χ0v) is 21.4. The van der Waals surface area contributed by atoms with Gasteiger partial charge in [0.1, 0.15) is 17.0 Å². The van der Waals surface area contributed by atoms with Crippen molar-refractivity contribution in [2.24, 2.45) is 0 Å². The molecule has 36 heavy (non-hydrogen) atoms. The Balaban J connectivity index is 1.70. The molecule has 2 aliphatic rings. The lowest BCUT2D eigenvalue weighted by Crippen LogP contribution is -2.65. The molecule has 0 spiro atoms. The van der Waals surface area contributed by atoms with E-state index in [2.05, 4.69) is 10.4 Å². The van der Waals surface area contributed by atoms with Crippen LogP contribution in [0, 0.1) is 0 Å². The van der Waals surface area contributed by atoms with Crippen LogP contribution in [0.2, 0.25) is 0 Å². The van der Waals surface area contributed by atoms with Crippen LogP contribution < -0.4 is 15.0 Å². The summed E-state index contributed by atoms with van der Waals surface area (Å²) in [5.41, 5.74) is -0.388. The van der Waals surface area contributed by atoms with Crippen molar-refractivity contribution in [2.75, 3.05) is 18.1 Å². The van der Waals surface area contributed by atoms with Gasteiger partial charge in [-0.25, -0.2) is 4.79 Å². The first-order valence-electron chi connectivity index (χ1n) is 13.0. The molecule has 0 radical (unpaired) electrons. The number of anilines is 1. The minimum atomic E-state index is -1.25. The number of aromatic nitrogens is 2. The van der Waals surface area contributed by atoms with Gasteiger partial charge in [-0.1, -0.05) is 32.1 Å². The number of carbonyl (C=O) groups is 3. The lowest BCUT2D eigenvalue weighted by molar-refractivity contribution is -0.127. The molecule has 9 heteroatoms. The number of carbonyl (C=O) groups excluding carboxylic acids is 3. The van der Waals surface area contributed by atoms with Crippen LogP contribution >= 0.6 is 0 Å². The number of hydrogen-bond acceptors (Lipinski definition) is 6. The summed E-state index contributed by atoms with van der Waals surface area (Å²) in [6.45, 7) is 6.21. The molecule has 2 aromatic rings. The standard InChI is InChI=1S/C27H36N4O5/c1-4-35-21-15-13-20(14-16-21)31-24(32)23-17-22(25(33)36-5-2)29-30(23)18-27(31,3)26(34)28-19-11-9-7-6-8-10-12-19/h13-17,19H,4-12,18H2,1-3H3,(H,28,34)/t27-/m0/s1. The molecular weight excluding hydrogens is 460 g/mol. The van der Waals surface area contributed by atoms with Gasteiger partial charge in [0.2, 0.25) is 5.91 Å². The van der Waals surface area contributed by atoms with Gasteiger partial charge in [0.05, 0.1) is 19.8 Å². The van der Waals surface area contributed by atoms with Gasteiger partial charge in [-0.3, -0.25) is 19.2 Å². The van der Waals surface area contributed by atoms with E-state index in [1.807, 2.05) is 6.92 Å². The van der Waals surface area contributed by atoms with E-state index >= 15 is 0 Å². The number of ether oxygens (including phenoxy) is 2. The largest absolute Gasteiger partial charge is 0.494 e. The summed E-state index contributed by atoms with van der Waals surface area (Å²) in [6.07, 6.45) is 7.60. The van der Waals surface area contributed by atoms with Gasteiger partial charge < -0.3 is 14.8 Å². The van der Waals surface area contributed by atoms with Crippen LogP contribution in [0.25, 0.3) is 0 Å². The summed E-state index contributed by atoms with van der Waals surface area (Å²) >= 11 is 0. The molecule has 2 heterocycles. The summed E-state index contributed by atoms with van der Waals surface area (Å²) in [7, 11) is 0. The number of amides is 2. The molecule has 1 N–H and O–H groups in total. The fourth-order valence-electron chi connectivity index (χ4n) is 5.09. The van der Waals surface area contributed by atoms with Gasteiger partial charge in [0, 0.05) is 17.8 Å². The number of esters is 1. The van der Waals surface area contributed by atoms with E-state index in [0.717, 1.165) is 25.7 Å². The van der Waals surface area contributed by atoms with Crippen molar-refractivity contribution in [3.05, 3.63) is 41.7 Å². The fraction of sp³-hybridized carbons (Fsp3) is 0.556. The van der Waals surface area contributed by atoms with Gasteiger partial charge in [0.25, 0.3) is 5.91 Å². The maximum Gasteiger partial charge on any atom is 0.358 e. The van der Waals surface area contributed by atoms with Crippen LogP contribution in [-0.2, 0) is 16.1 Å². The lowest BCUT2D eigenvalue weighted by Gasteiger charge is -2.43. The van der Waals surface area contributed by atoms with Crippen LogP contribution in [0.5, 0.6) is 5.75 Å². The van der Waals surface area contributed by atoms with Gasteiger partial charge in [0.15, 0.2) is 5.69 Å². The van der Waals surface area contributed by atoms with Crippen LogP contribution in [-0.4, -0.2) is 52.4 Å². The van der Waals surface area contributed by atoms with E-state index < -0.39 is 17.4 Å². The molecule has 0 bridgehead atoms. The normalized spacial score (nSPS) is 20.8. The van der Waals surface area contributed by atoms with Crippen LogP contribution in [0.15, 0.2) is 30.3 Å². The van der Waals surface area contributed by atoms with Crippen molar-refractivity contribution >= 4 is 23.5 Å². The van der Waals surface area contributed by atoms with E-state index in [9.17, 15) is 14.4 Å². The van der Waals surface area contributed by atoms with Gasteiger partial charge >= 0.3 is 5.97 Å². The van der Waals surface area contributed by atoms with Crippen molar-refractivity contribution in [1.29, 1.82) is 0 Å². The first kappa shape index (κ1) is 25.7. The van der Waals surface area contributed by atoms with E-state index in [1.54, 1.807) is 38.1 Å². The molecule has 0 saturated heterocycles. The monoisotopic (exact) mass is 496 g/mol. The third-order valence-corrected chi connectivity index (χ3v) is 6.97. The lowest BCUT2D eigenvalue weighted by atomic mass is 9.91. The summed E-state index contributed by atoms with van der Waals surface area (Å²) in [4.78, 5) is 41.6. The van der Waals surface area contributed by atoms with Gasteiger partial charge in [-0.15, -0.1) is 0 Å². The number of nitrogens with one attached hydrogen (secondary N) is 1. The Morgan fingerprint density at radius 1 is 1.06 bits per heavy atom. The Morgan fingerprint density at radius 2 is 1.72 bits per heavy atom. The third-order valence-electron chi connectivity index (χ3n) is 6.97. The molecular formula is C27H36N4O5. The zero-order valence-electron chi connectivity index (χ0n) is 21.4. The first-order valence-corrected chi connectivity index (χ1v) is 13.0. The minimum Gasteiger partial charge on any atom is -0.494 e. The number of benzene rings is 1. The van der Waals surface area contributed by atoms with Crippen molar-refractivity contribution in [3.8, 4) is 5.75 Å². The van der Waals surface area contributed by atoms with E-state index in [4.69, 9.17) is 9.47 Å². The third kappa shape index (κ3) is 5.24. The number of fused-ring (bicyclic) bond motifs is 1. The van der Waals surface area contributed by atoms with Crippen molar-refractivity contribution in [3.63, 3.8) is 0 Å². The second-order valence-corrected chi connectivity index (χ2v) is 9.65. The molecule has 9 nitrogen and oxygen atoms in total. The smallest absolute Gasteiger partial charge is 0.358 e. The predicted octanol–water partition coefficient (Wildman–Crippen LogP) is 4.11. The Morgan fingerprint density at radius 3 is 2.36 bits per heavy atom. The fourth-order valence-corrected chi connectivity index (χ4v) is 5.09. The van der Waals surface area contributed by atoms with E-state index in [0.29, 0.717) is 18.0 Å². The Hall–Kier alpha value is -3.36. The van der Waals surface area contributed by atoms with Crippen LogP contribution in [0.1, 0.15) is 86.7 Å². The summed E-state index contributed by atoms with van der Waals surface area (Å²) in [5, 5.41) is 7.57. The number of nitrogens with zero attached hydrogens (tertiary/aromatic N) is 3. The molecule has 1 aromatic heterocycles. The highest BCUT2D eigenvalue weighted by atomic mass is 16.5. The van der Waals surface area contributed by atoms with E-state index in [-0.39, 0.29) is 36.5 Å². The molecule has 1 aliphatic carbocycles. The zero-order chi connectivity index (χ0) is 25.7. The molecule has 1 aromatic carbocycles. The highest BCUT2D eigenvalue weighted by Gasteiger charge is 2.49. The molecule has 1 saturated carbocycles. The molecule has 0 unspecified atom stereocenters. The van der Waals surface area contributed by atoms with Gasteiger partial charge in [-0.2, -0.15) is 5.10 Å². The average molecular weight is 497 g/mol.